The number of nitrogens with zero attached hydrogens (tertiary/aromatic N) is 6. The molecule has 1 aliphatic rings. The monoisotopic (exact) mass is 425 g/mol. The summed E-state index contributed by atoms with van der Waals surface area (Å²) in [6.07, 6.45) is -0.00649. The number of anilines is 1. The standard InChI is InChI=1S/C20H17F2N7O2/c1-28-9-14-17(15(7-23)29(2)27-14)13-8-25-18(24)19(26-13)31-16(6-21)12-5-10(22)3-4-11(12)20(28)30/h3-5,8,16H,6,9H2,1-2H3,(H2,24,25)/t16-/m0/s1. The van der Waals surface area contributed by atoms with Crippen molar-refractivity contribution in [2.45, 2.75) is 12.6 Å². The molecular formula is C20H17F2N7O2. The molecule has 2 N–H and O–H groups in total. The highest BCUT2D eigenvalue weighted by atomic mass is 19.1. The number of halogens is 2. The number of nitrogens with two attached hydrogens (primary N) is 1. The van der Waals surface area contributed by atoms with Crippen LogP contribution in [0.1, 0.15) is 33.4 Å². The molecule has 0 spiro atoms. The Morgan fingerprint density at radius 1 is 1.39 bits per heavy atom. The van der Waals surface area contributed by atoms with Gasteiger partial charge in [0.05, 0.1) is 29.7 Å². The van der Waals surface area contributed by atoms with Crippen molar-refractivity contribution in [3.05, 3.63) is 52.7 Å². The van der Waals surface area contributed by atoms with E-state index in [1.54, 1.807) is 7.05 Å². The number of benzene rings is 1. The summed E-state index contributed by atoms with van der Waals surface area (Å²) in [6.45, 7) is -1.05. The lowest BCUT2D eigenvalue weighted by Gasteiger charge is -2.23. The highest BCUT2D eigenvalue weighted by molar-refractivity contribution is 5.95. The van der Waals surface area contributed by atoms with E-state index in [1.807, 2.05) is 0 Å². The van der Waals surface area contributed by atoms with Gasteiger partial charge in [-0.2, -0.15) is 10.4 Å². The average molecular weight is 425 g/mol. The van der Waals surface area contributed by atoms with Crippen molar-refractivity contribution in [2.24, 2.45) is 7.05 Å². The van der Waals surface area contributed by atoms with Gasteiger partial charge in [0, 0.05) is 25.2 Å². The highest BCUT2D eigenvalue weighted by Gasteiger charge is 2.29. The normalized spacial score (nSPS) is 15.8. The van der Waals surface area contributed by atoms with Crippen LogP contribution in [-0.2, 0) is 13.6 Å². The Labute approximate surface area is 175 Å². The first-order valence-electron chi connectivity index (χ1n) is 9.20. The zero-order valence-electron chi connectivity index (χ0n) is 16.6. The minimum absolute atomic E-state index is 0.0169. The fourth-order valence-corrected chi connectivity index (χ4v) is 3.49. The summed E-state index contributed by atoms with van der Waals surface area (Å²) < 4.78 is 35.0. The number of hydrogen-bond donors (Lipinski definition) is 1. The van der Waals surface area contributed by atoms with Crippen LogP contribution in [0.4, 0.5) is 14.6 Å². The van der Waals surface area contributed by atoms with Crippen molar-refractivity contribution in [2.75, 3.05) is 19.5 Å². The molecule has 1 aliphatic heterocycles. The van der Waals surface area contributed by atoms with Crippen molar-refractivity contribution in [1.29, 1.82) is 5.26 Å². The number of nitrogen functional groups attached to an aromatic ring is 1. The molecule has 158 valence electrons. The summed E-state index contributed by atoms with van der Waals surface area (Å²) in [5, 5.41) is 14.0. The molecule has 31 heavy (non-hydrogen) atoms. The van der Waals surface area contributed by atoms with Crippen LogP contribution >= 0.6 is 0 Å². The number of carbonyl (C=O) groups is 1. The van der Waals surface area contributed by atoms with Gasteiger partial charge in [-0.3, -0.25) is 9.48 Å². The van der Waals surface area contributed by atoms with Gasteiger partial charge in [-0.15, -0.1) is 0 Å². The third-order valence-corrected chi connectivity index (χ3v) is 4.97. The van der Waals surface area contributed by atoms with E-state index in [-0.39, 0.29) is 40.8 Å². The Morgan fingerprint density at radius 2 is 2.16 bits per heavy atom. The number of amides is 1. The van der Waals surface area contributed by atoms with E-state index < -0.39 is 24.5 Å². The molecule has 0 aliphatic carbocycles. The molecule has 2 bridgehead atoms. The number of aromatic nitrogens is 4. The van der Waals surface area contributed by atoms with Crippen molar-refractivity contribution in [3.8, 4) is 23.2 Å². The van der Waals surface area contributed by atoms with E-state index in [1.165, 1.54) is 28.9 Å². The van der Waals surface area contributed by atoms with E-state index in [0.29, 0.717) is 11.3 Å². The lowest BCUT2D eigenvalue weighted by atomic mass is 10.0. The summed E-state index contributed by atoms with van der Waals surface area (Å²) in [7, 11) is 3.11. The summed E-state index contributed by atoms with van der Waals surface area (Å²) in [4.78, 5) is 22.9. The molecule has 2 aromatic heterocycles. The van der Waals surface area contributed by atoms with Crippen LogP contribution in [-0.4, -0.2) is 44.3 Å². The predicted molar refractivity (Wildman–Crippen MR) is 105 cm³/mol. The molecule has 4 rings (SSSR count). The molecule has 0 saturated heterocycles. The van der Waals surface area contributed by atoms with Crippen LogP contribution in [0.5, 0.6) is 5.88 Å². The fourth-order valence-electron chi connectivity index (χ4n) is 3.49. The third kappa shape index (κ3) is 3.42. The number of carbonyl (C=O) groups excluding carboxylic acids is 1. The topological polar surface area (TPSA) is 123 Å². The number of nitriles is 1. The first kappa shape index (κ1) is 20.2. The Bertz CT molecular complexity index is 1230. The van der Waals surface area contributed by atoms with Gasteiger partial charge in [0.25, 0.3) is 11.8 Å². The molecule has 0 radical (unpaired) electrons. The van der Waals surface area contributed by atoms with E-state index in [2.05, 4.69) is 21.1 Å². The smallest absolute Gasteiger partial charge is 0.258 e. The van der Waals surface area contributed by atoms with Crippen molar-refractivity contribution >= 4 is 11.7 Å². The van der Waals surface area contributed by atoms with Crippen LogP contribution in [0.25, 0.3) is 11.3 Å². The maximum absolute atomic E-state index is 14.0. The van der Waals surface area contributed by atoms with Gasteiger partial charge in [0.2, 0.25) is 0 Å². The molecule has 0 unspecified atom stereocenters. The van der Waals surface area contributed by atoms with Gasteiger partial charge in [-0.1, -0.05) is 0 Å². The van der Waals surface area contributed by atoms with E-state index in [0.717, 1.165) is 12.1 Å². The van der Waals surface area contributed by atoms with Crippen LogP contribution in [0.15, 0.2) is 24.4 Å². The number of rotatable bonds is 1. The minimum Gasteiger partial charge on any atom is -0.464 e. The van der Waals surface area contributed by atoms with E-state index in [4.69, 9.17) is 10.5 Å². The molecule has 3 heterocycles. The van der Waals surface area contributed by atoms with Gasteiger partial charge in [-0.25, -0.2) is 18.7 Å². The van der Waals surface area contributed by atoms with Crippen LogP contribution in [0.2, 0.25) is 0 Å². The molecule has 1 atom stereocenters. The second-order valence-electron chi connectivity index (χ2n) is 7.00. The summed E-state index contributed by atoms with van der Waals surface area (Å²) in [5.41, 5.74) is 7.13. The number of hydrogen-bond acceptors (Lipinski definition) is 7. The Hall–Kier alpha value is -4.07. The Kier molecular flexibility index (Phi) is 4.98. The van der Waals surface area contributed by atoms with E-state index >= 15 is 0 Å². The minimum atomic E-state index is -1.35. The lowest BCUT2D eigenvalue weighted by molar-refractivity contribution is 0.0775. The molecule has 3 aromatic rings. The predicted octanol–water partition coefficient (Wildman–Crippen LogP) is 2.15. The largest absolute Gasteiger partial charge is 0.464 e. The van der Waals surface area contributed by atoms with Crippen molar-refractivity contribution < 1.29 is 18.3 Å². The van der Waals surface area contributed by atoms with Gasteiger partial charge in [0.15, 0.2) is 11.9 Å². The number of aryl methyl sites for hydroxylation is 1. The van der Waals surface area contributed by atoms with Crippen molar-refractivity contribution in [1.82, 2.24) is 24.6 Å². The highest BCUT2D eigenvalue weighted by Crippen LogP contribution is 2.33. The zero-order chi connectivity index (χ0) is 22.3. The molecule has 9 nitrogen and oxygen atoms in total. The second-order valence-corrected chi connectivity index (χ2v) is 7.00. The number of fused-ring (bicyclic) bond motifs is 5. The molecule has 11 heteroatoms. The SMILES string of the molecule is CN1Cc2nn(C)c(C#N)c2-c2cnc(N)c(n2)O[C@@H](CF)c2cc(F)ccc2C1=O. The summed E-state index contributed by atoms with van der Waals surface area (Å²) >= 11 is 0. The summed E-state index contributed by atoms with van der Waals surface area (Å²) in [5.74, 6) is -1.46. The van der Waals surface area contributed by atoms with Gasteiger partial charge >= 0.3 is 0 Å². The zero-order valence-corrected chi connectivity index (χ0v) is 16.6. The fraction of sp³-hybridized carbons (Fsp3) is 0.250. The second kappa shape index (κ2) is 7.64. The molecular weight excluding hydrogens is 408 g/mol. The third-order valence-electron chi connectivity index (χ3n) is 4.97. The van der Waals surface area contributed by atoms with Crippen LogP contribution < -0.4 is 10.5 Å². The lowest BCUT2D eigenvalue weighted by Crippen LogP contribution is -2.29. The van der Waals surface area contributed by atoms with Gasteiger partial charge < -0.3 is 15.4 Å². The Morgan fingerprint density at radius 3 is 2.87 bits per heavy atom. The van der Waals surface area contributed by atoms with Crippen LogP contribution in [0.3, 0.4) is 0 Å². The van der Waals surface area contributed by atoms with E-state index in [9.17, 15) is 18.8 Å². The number of alkyl halides is 1. The molecule has 0 saturated carbocycles. The molecule has 0 fully saturated rings. The maximum Gasteiger partial charge on any atom is 0.258 e. The molecule has 1 amide bonds. The number of ether oxygens (including phenoxy) is 1. The van der Waals surface area contributed by atoms with Crippen LogP contribution in [0, 0.1) is 17.1 Å². The van der Waals surface area contributed by atoms with Crippen molar-refractivity contribution in [3.63, 3.8) is 0 Å². The Balaban J connectivity index is 1.99. The summed E-state index contributed by atoms with van der Waals surface area (Å²) in [6, 6.07) is 5.49. The first-order chi connectivity index (χ1) is 14.8. The molecule has 1 aromatic carbocycles. The maximum atomic E-state index is 14.0. The first-order valence-corrected chi connectivity index (χ1v) is 9.20. The quantitative estimate of drug-likeness (QED) is 0.634. The average Bonchev–Trinajstić information content (AvgIpc) is 3.06. The van der Waals surface area contributed by atoms with Gasteiger partial charge in [-0.05, 0) is 18.2 Å². The van der Waals surface area contributed by atoms with Gasteiger partial charge in [0.1, 0.15) is 24.3 Å².